The standard InChI is InChI=1S/C31H33NO7/c1-4-37-24-14-11-22(12-15-24)29(33)27-28(32(17-18-36-3)31(35)30(27)34)23-13-16-25(26(19-23)38-5-2)39-20-21-9-7-6-8-10-21/h6-16,19,28,33H,4-5,17-18,20H2,1-3H3/b29-27+. The van der Waals surface area contributed by atoms with E-state index >= 15 is 0 Å². The van der Waals surface area contributed by atoms with Crippen molar-refractivity contribution in [3.8, 4) is 17.2 Å². The van der Waals surface area contributed by atoms with E-state index in [4.69, 9.17) is 18.9 Å². The third kappa shape index (κ3) is 6.23. The molecule has 0 bridgehead atoms. The number of carbonyl (C=O) groups excluding carboxylic acids is 2. The van der Waals surface area contributed by atoms with Crippen LogP contribution in [0, 0.1) is 0 Å². The summed E-state index contributed by atoms with van der Waals surface area (Å²) in [5, 5.41) is 11.3. The minimum absolute atomic E-state index is 0.000616. The highest BCUT2D eigenvalue weighted by atomic mass is 16.5. The van der Waals surface area contributed by atoms with Gasteiger partial charge >= 0.3 is 0 Å². The first kappa shape index (κ1) is 27.7. The second kappa shape index (κ2) is 13.0. The highest BCUT2D eigenvalue weighted by molar-refractivity contribution is 6.46. The fraction of sp³-hybridized carbons (Fsp3) is 0.290. The third-order valence-electron chi connectivity index (χ3n) is 6.34. The summed E-state index contributed by atoms with van der Waals surface area (Å²) in [5.74, 6) is -0.0758. The van der Waals surface area contributed by atoms with Crippen molar-refractivity contribution in [3.05, 3.63) is 95.1 Å². The molecule has 0 aromatic heterocycles. The fourth-order valence-electron chi connectivity index (χ4n) is 4.50. The van der Waals surface area contributed by atoms with Gasteiger partial charge in [-0.1, -0.05) is 36.4 Å². The predicted octanol–water partition coefficient (Wildman–Crippen LogP) is 5.13. The molecule has 1 atom stereocenters. The Kier molecular flexibility index (Phi) is 9.22. The lowest BCUT2D eigenvalue weighted by atomic mass is 9.95. The molecular formula is C31H33NO7. The lowest BCUT2D eigenvalue weighted by molar-refractivity contribution is -0.140. The molecule has 1 fully saturated rings. The summed E-state index contributed by atoms with van der Waals surface area (Å²) in [4.78, 5) is 27.8. The van der Waals surface area contributed by atoms with E-state index in [-0.39, 0.29) is 24.5 Å². The molecule has 3 aromatic carbocycles. The molecule has 204 valence electrons. The van der Waals surface area contributed by atoms with Crippen molar-refractivity contribution >= 4 is 17.4 Å². The van der Waals surface area contributed by atoms with Gasteiger partial charge < -0.3 is 29.0 Å². The summed E-state index contributed by atoms with van der Waals surface area (Å²) >= 11 is 0. The number of ether oxygens (including phenoxy) is 4. The number of aliphatic hydroxyl groups is 1. The number of hydrogen-bond donors (Lipinski definition) is 1. The third-order valence-corrected chi connectivity index (χ3v) is 6.34. The van der Waals surface area contributed by atoms with Gasteiger partial charge in [0.15, 0.2) is 11.5 Å². The van der Waals surface area contributed by atoms with Gasteiger partial charge in [-0.15, -0.1) is 0 Å². The molecule has 0 radical (unpaired) electrons. The Morgan fingerprint density at radius 2 is 1.59 bits per heavy atom. The zero-order valence-corrected chi connectivity index (χ0v) is 22.4. The van der Waals surface area contributed by atoms with Crippen LogP contribution in [-0.2, 0) is 20.9 Å². The number of carbonyl (C=O) groups is 2. The molecule has 1 heterocycles. The van der Waals surface area contributed by atoms with E-state index in [1.54, 1.807) is 42.5 Å². The number of aliphatic hydroxyl groups excluding tert-OH is 1. The Labute approximate surface area is 228 Å². The van der Waals surface area contributed by atoms with Crippen LogP contribution >= 0.6 is 0 Å². The summed E-state index contributed by atoms with van der Waals surface area (Å²) < 4.78 is 22.6. The van der Waals surface area contributed by atoms with Crippen molar-refractivity contribution in [1.82, 2.24) is 4.90 Å². The normalized spacial score (nSPS) is 16.4. The summed E-state index contributed by atoms with van der Waals surface area (Å²) in [6.07, 6.45) is 0. The summed E-state index contributed by atoms with van der Waals surface area (Å²) in [6.45, 7) is 5.38. The second-order valence-corrected chi connectivity index (χ2v) is 8.86. The van der Waals surface area contributed by atoms with E-state index < -0.39 is 17.7 Å². The van der Waals surface area contributed by atoms with Crippen LogP contribution in [-0.4, -0.2) is 55.2 Å². The SMILES string of the molecule is CCOc1ccc(/C(O)=C2\C(=O)C(=O)N(CCOC)C2c2ccc(OCc3ccccc3)c(OCC)c2)cc1. The van der Waals surface area contributed by atoms with Gasteiger partial charge in [0.1, 0.15) is 18.1 Å². The number of Topliss-reactive ketones (excluding diaryl/α,β-unsaturated/α-hetero) is 1. The molecule has 1 aliphatic rings. The van der Waals surface area contributed by atoms with Gasteiger partial charge in [-0.3, -0.25) is 9.59 Å². The topological polar surface area (TPSA) is 94.5 Å². The highest BCUT2D eigenvalue weighted by Crippen LogP contribution is 2.42. The highest BCUT2D eigenvalue weighted by Gasteiger charge is 2.46. The number of likely N-dealkylation sites (tertiary alicyclic amines) is 1. The maximum Gasteiger partial charge on any atom is 0.295 e. The van der Waals surface area contributed by atoms with Gasteiger partial charge in [0.2, 0.25) is 0 Å². The van der Waals surface area contributed by atoms with Crippen molar-refractivity contribution in [2.24, 2.45) is 0 Å². The Morgan fingerprint density at radius 3 is 2.26 bits per heavy atom. The minimum Gasteiger partial charge on any atom is -0.507 e. The van der Waals surface area contributed by atoms with E-state index in [2.05, 4.69) is 0 Å². The molecule has 1 N–H and O–H groups in total. The first-order valence-corrected chi connectivity index (χ1v) is 12.9. The van der Waals surface area contributed by atoms with Gasteiger partial charge in [-0.05, 0) is 61.4 Å². The monoisotopic (exact) mass is 531 g/mol. The molecule has 0 aliphatic carbocycles. The maximum absolute atomic E-state index is 13.3. The summed E-state index contributed by atoms with van der Waals surface area (Å²) in [7, 11) is 1.53. The van der Waals surface area contributed by atoms with Crippen molar-refractivity contribution in [2.75, 3.05) is 33.5 Å². The molecule has 8 heteroatoms. The van der Waals surface area contributed by atoms with Crippen molar-refractivity contribution in [1.29, 1.82) is 0 Å². The number of rotatable bonds is 12. The Hall–Kier alpha value is -4.30. The molecule has 1 aliphatic heterocycles. The van der Waals surface area contributed by atoms with Crippen LogP contribution in [0.15, 0.2) is 78.4 Å². The fourth-order valence-corrected chi connectivity index (χ4v) is 4.50. The van der Waals surface area contributed by atoms with Crippen molar-refractivity contribution in [3.63, 3.8) is 0 Å². The van der Waals surface area contributed by atoms with Crippen LogP contribution < -0.4 is 14.2 Å². The lowest BCUT2D eigenvalue weighted by Crippen LogP contribution is -2.32. The van der Waals surface area contributed by atoms with E-state index in [1.165, 1.54) is 12.0 Å². The molecule has 39 heavy (non-hydrogen) atoms. The average molecular weight is 532 g/mol. The van der Waals surface area contributed by atoms with Crippen molar-refractivity contribution < 1.29 is 33.6 Å². The van der Waals surface area contributed by atoms with E-state index in [0.717, 1.165) is 5.56 Å². The van der Waals surface area contributed by atoms with Crippen molar-refractivity contribution in [2.45, 2.75) is 26.5 Å². The number of benzene rings is 3. The molecule has 1 amide bonds. The Morgan fingerprint density at radius 1 is 0.872 bits per heavy atom. The van der Waals surface area contributed by atoms with E-state index in [1.807, 2.05) is 44.2 Å². The number of ketones is 1. The van der Waals surface area contributed by atoms with Crippen LogP contribution in [0.1, 0.15) is 36.6 Å². The molecular weight excluding hydrogens is 498 g/mol. The maximum atomic E-state index is 13.3. The van der Waals surface area contributed by atoms with Crippen LogP contribution in [0.2, 0.25) is 0 Å². The minimum atomic E-state index is -0.839. The number of hydrogen-bond acceptors (Lipinski definition) is 7. The van der Waals surface area contributed by atoms with Crippen LogP contribution in [0.25, 0.3) is 5.76 Å². The molecule has 4 rings (SSSR count). The van der Waals surface area contributed by atoms with Gasteiger partial charge in [-0.25, -0.2) is 0 Å². The number of methoxy groups -OCH3 is 1. The lowest BCUT2D eigenvalue weighted by Gasteiger charge is -2.26. The molecule has 8 nitrogen and oxygen atoms in total. The first-order chi connectivity index (χ1) is 19.0. The van der Waals surface area contributed by atoms with Gasteiger partial charge in [0.05, 0.1) is 31.4 Å². The predicted molar refractivity (Wildman–Crippen MR) is 147 cm³/mol. The zero-order valence-electron chi connectivity index (χ0n) is 22.4. The largest absolute Gasteiger partial charge is 0.507 e. The molecule has 1 saturated heterocycles. The van der Waals surface area contributed by atoms with Crippen LogP contribution in [0.5, 0.6) is 17.2 Å². The summed E-state index contributed by atoms with van der Waals surface area (Å²) in [6, 6.07) is 21.0. The smallest absolute Gasteiger partial charge is 0.295 e. The number of amides is 1. The zero-order chi connectivity index (χ0) is 27.8. The quantitative estimate of drug-likeness (QED) is 0.197. The Balaban J connectivity index is 1.75. The van der Waals surface area contributed by atoms with Gasteiger partial charge in [-0.2, -0.15) is 0 Å². The molecule has 0 spiro atoms. The summed E-state index contributed by atoms with van der Waals surface area (Å²) in [5.41, 5.74) is 2.02. The second-order valence-electron chi connectivity index (χ2n) is 8.86. The Bertz CT molecular complexity index is 1320. The molecule has 3 aromatic rings. The number of nitrogens with zero attached hydrogens (tertiary/aromatic N) is 1. The van der Waals surface area contributed by atoms with Crippen LogP contribution in [0.4, 0.5) is 0 Å². The van der Waals surface area contributed by atoms with Gasteiger partial charge in [0, 0.05) is 19.2 Å². The van der Waals surface area contributed by atoms with E-state index in [0.29, 0.717) is 48.2 Å². The first-order valence-electron chi connectivity index (χ1n) is 12.9. The van der Waals surface area contributed by atoms with Crippen LogP contribution in [0.3, 0.4) is 0 Å². The molecule has 1 unspecified atom stereocenters. The molecule has 0 saturated carbocycles. The van der Waals surface area contributed by atoms with E-state index in [9.17, 15) is 14.7 Å². The average Bonchev–Trinajstić information content (AvgIpc) is 3.21. The van der Waals surface area contributed by atoms with Gasteiger partial charge in [0.25, 0.3) is 11.7 Å².